The van der Waals surface area contributed by atoms with Crippen LogP contribution in [0.2, 0.25) is 0 Å². The number of carbonyl (C=O) groups is 3. The second-order valence-electron chi connectivity index (χ2n) is 7.92. The van der Waals surface area contributed by atoms with Crippen LogP contribution in [0.15, 0.2) is 36.4 Å². The van der Waals surface area contributed by atoms with Gasteiger partial charge in [0.15, 0.2) is 0 Å². The lowest BCUT2D eigenvalue weighted by Gasteiger charge is -2.34. The molecule has 1 aliphatic rings. The largest absolute Gasteiger partial charge is 0.462 e. The molecule has 2 aromatic heterocycles. The van der Waals surface area contributed by atoms with Gasteiger partial charge in [-0.15, -0.1) is 11.3 Å². The molecule has 1 aromatic carbocycles. The Bertz CT molecular complexity index is 1130. The summed E-state index contributed by atoms with van der Waals surface area (Å²) in [6, 6.07) is 11.5. The van der Waals surface area contributed by atoms with Crippen molar-refractivity contribution in [3.8, 4) is 0 Å². The average molecular weight is 469 g/mol. The van der Waals surface area contributed by atoms with Gasteiger partial charge in [0.05, 0.1) is 18.7 Å². The van der Waals surface area contributed by atoms with E-state index in [4.69, 9.17) is 4.74 Å². The Morgan fingerprint density at radius 3 is 2.55 bits per heavy atom. The minimum atomic E-state index is -0.423. The third kappa shape index (κ3) is 5.26. The maximum atomic E-state index is 12.9. The van der Waals surface area contributed by atoms with Crippen LogP contribution in [-0.4, -0.2) is 71.9 Å². The van der Waals surface area contributed by atoms with E-state index in [-0.39, 0.29) is 25.0 Å². The number of aromatic amines is 1. The quantitative estimate of drug-likeness (QED) is 0.519. The van der Waals surface area contributed by atoms with E-state index in [1.165, 1.54) is 11.3 Å². The topological polar surface area (TPSA) is 94.7 Å². The lowest BCUT2D eigenvalue weighted by atomic mass is 10.2. The summed E-state index contributed by atoms with van der Waals surface area (Å²) in [4.78, 5) is 45.8. The molecule has 4 rings (SSSR count). The number of benzene rings is 1. The van der Waals surface area contributed by atoms with Crippen molar-refractivity contribution in [1.29, 1.82) is 0 Å². The molecule has 0 aliphatic carbocycles. The van der Waals surface area contributed by atoms with Gasteiger partial charge in [0.2, 0.25) is 5.91 Å². The van der Waals surface area contributed by atoms with Gasteiger partial charge >= 0.3 is 5.97 Å². The summed E-state index contributed by atoms with van der Waals surface area (Å²) in [5.74, 6) is -0.631. The van der Waals surface area contributed by atoms with Crippen LogP contribution in [0.25, 0.3) is 10.9 Å². The molecule has 0 atom stereocenters. The SMILES string of the molecule is CCOC(=O)c1cc(CC)sc1NC(=O)CN1CCN(C(=O)c2cc3ccccc3[nH]2)CC1. The van der Waals surface area contributed by atoms with E-state index < -0.39 is 5.97 Å². The molecule has 0 saturated carbocycles. The number of piperazine rings is 1. The van der Waals surface area contributed by atoms with E-state index in [1.54, 1.807) is 13.0 Å². The number of anilines is 1. The fourth-order valence-electron chi connectivity index (χ4n) is 3.91. The standard InChI is InChI=1S/C24H28N4O4S/c1-3-17-14-18(24(31)32-4-2)22(33-17)26-21(29)15-27-9-11-28(12-10-27)23(30)20-13-16-7-5-6-8-19(16)25-20/h5-8,13-14,25H,3-4,9-12,15H2,1-2H3,(H,26,29). The summed E-state index contributed by atoms with van der Waals surface area (Å²) in [5.41, 5.74) is 1.93. The van der Waals surface area contributed by atoms with Gasteiger partial charge < -0.3 is 19.9 Å². The molecule has 9 heteroatoms. The molecule has 3 heterocycles. The van der Waals surface area contributed by atoms with Gasteiger partial charge in [-0.2, -0.15) is 0 Å². The number of thiophene rings is 1. The van der Waals surface area contributed by atoms with Crippen molar-refractivity contribution in [2.75, 3.05) is 44.6 Å². The fourth-order valence-corrected chi connectivity index (χ4v) is 4.91. The van der Waals surface area contributed by atoms with Crippen molar-refractivity contribution in [2.24, 2.45) is 0 Å². The summed E-state index contributed by atoms with van der Waals surface area (Å²) in [7, 11) is 0. The first kappa shape index (κ1) is 23.0. The number of hydrogen-bond donors (Lipinski definition) is 2. The van der Waals surface area contributed by atoms with Crippen molar-refractivity contribution in [3.63, 3.8) is 0 Å². The smallest absolute Gasteiger partial charge is 0.341 e. The van der Waals surface area contributed by atoms with Crippen LogP contribution >= 0.6 is 11.3 Å². The van der Waals surface area contributed by atoms with E-state index >= 15 is 0 Å². The zero-order valence-corrected chi connectivity index (χ0v) is 19.7. The number of amides is 2. The van der Waals surface area contributed by atoms with Crippen LogP contribution in [0.5, 0.6) is 0 Å². The van der Waals surface area contributed by atoms with E-state index in [2.05, 4.69) is 10.3 Å². The minimum Gasteiger partial charge on any atom is -0.462 e. The van der Waals surface area contributed by atoms with Crippen LogP contribution in [0, 0.1) is 0 Å². The molecular formula is C24H28N4O4S. The number of aryl methyl sites for hydroxylation is 1. The predicted octanol–water partition coefficient (Wildman–Crippen LogP) is 3.37. The monoisotopic (exact) mass is 468 g/mol. The Labute approximate surface area is 196 Å². The van der Waals surface area contributed by atoms with Gasteiger partial charge in [-0.1, -0.05) is 25.1 Å². The Morgan fingerprint density at radius 1 is 1.09 bits per heavy atom. The van der Waals surface area contributed by atoms with Crippen LogP contribution in [0.4, 0.5) is 5.00 Å². The molecule has 1 fully saturated rings. The number of ether oxygens (including phenoxy) is 1. The first-order chi connectivity index (χ1) is 16.0. The molecule has 3 aromatic rings. The molecule has 2 amide bonds. The van der Waals surface area contributed by atoms with Gasteiger partial charge in [-0.25, -0.2) is 4.79 Å². The maximum absolute atomic E-state index is 12.9. The van der Waals surface area contributed by atoms with Crippen LogP contribution in [0.3, 0.4) is 0 Å². The van der Waals surface area contributed by atoms with E-state index in [0.717, 1.165) is 22.2 Å². The summed E-state index contributed by atoms with van der Waals surface area (Å²) in [6.07, 6.45) is 0.777. The highest BCUT2D eigenvalue weighted by Gasteiger charge is 2.25. The predicted molar refractivity (Wildman–Crippen MR) is 129 cm³/mol. The van der Waals surface area contributed by atoms with Crippen molar-refractivity contribution < 1.29 is 19.1 Å². The molecule has 1 saturated heterocycles. The highest BCUT2D eigenvalue weighted by Crippen LogP contribution is 2.29. The Morgan fingerprint density at radius 2 is 1.85 bits per heavy atom. The van der Waals surface area contributed by atoms with Gasteiger partial charge in [0, 0.05) is 42.0 Å². The van der Waals surface area contributed by atoms with Gasteiger partial charge in [-0.3, -0.25) is 14.5 Å². The number of nitrogens with zero attached hydrogens (tertiary/aromatic N) is 2. The third-order valence-corrected chi connectivity index (χ3v) is 6.86. The van der Waals surface area contributed by atoms with Crippen molar-refractivity contribution >= 4 is 45.0 Å². The van der Waals surface area contributed by atoms with E-state index in [0.29, 0.717) is 42.4 Å². The summed E-state index contributed by atoms with van der Waals surface area (Å²) >= 11 is 1.40. The number of nitrogens with one attached hydrogen (secondary N) is 2. The van der Waals surface area contributed by atoms with E-state index in [1.807, 2.05) is 47.1 Å². The number of esters is 1. The number of carbonyl (C=O) groups excluding carboxylic acids is 3. The molecule has 0 unspecified atom stereocenters. The van der Waals surface area contributed by atoms with Crippen molar-refractivity contribution in [1.82, 2.24) is 14.8 Å². The highest BCUT2D eigenvalue weighted by atomic mass is 32.1. The normalized spacial score (nSPS) is 14.4. The van der Waals surface area contributed by atoms with Crippen molar-refractivity contribution in [3.05, 3.63) is 52.5 Å². The molecule has 33 heavy (non-hydrogen) atoms. The van der Waals surface area contributed by atoms with Crippen LogP contribution in [-0.2, 0) is 16.0 Å². The average Bonchev–Trinajstić information content (AvgIpc) is 3.43. The van der Waals surface area contributed by atoms with Crippen molar-refractivity contribution in [2.45, 2.75) is 20.3 Å². The molecule has 8 nitrogen and oxygen atoms in total. The van der Waals surface area contributed by atoms with Crippen LogP contribution in [0.1, 0.15) is 39.6 Å². The molecule has 0 spiro atoms. The number of fused-ring (bicyclic) bond motifs is 1. The Balaban J connectivity index is 1.32. The fraction of sp³-hybridized carbons (Fsp3) is 0.375. The molecule has 174 valence electrons. The molecule has 0 bridgehead atoms. The summed E-state index contributed by atoms with van der Waals surface area (Å²) in [5, 5.41) is 4.42. The first-order valence-corrected chi connectivity index (χ1v) is 12.0. The zero-order chi connectivity index (χ0) is 23.4. The van der Waals surface area contributed by atoms with Crippen LogP contribution < -0.4 is 5.32 Å². The second-order valence-corrected chi connectivity index (χ2v) is 9.05. The highest BCUT2D eigenvalue weighted by molar-refractivity contribution is 7.16. The molecule has 2 N–H and O–H groups in total. The summed E-state index contributed by atoms with van der Waals surface area (Å²) in [6.45, 7) is 6.56. The Kier molecular flexibility index (Phi) is 7.10. The summed E-state index contributed by atoms with van der Waals surface area (Å²) < 4.78 is 5.11. The van der Waals surface area contributed by atoms with E-state index in [9.17, 15) is 14.4 Å². The zero-order valence-electron chi connectivity index (χ0n) is 18.8. The van der Waals surface area contributed by atoms with Gasteiger partial charge in [-0.05, 0) is 31.5 Å². The Hall–Kier alpha value is -3.17. The second kappa shape index (κ2) is 10.2. The van der Waals surface area contributed by atoms with Gasteiger partial charge in [0.25, 0.3) is 5.91 Å². The number of aromatic nitrogens is 1. The lowest BCUT2D eigenvalue weighted by molar-refractivity contribution is -0.117. The number of rotatable bonds is 7. The third-order valence-electron chi connectivity index (χ3n) is 5.67. The number of para-hydroxylation sites is 1. The molecule has 1 aliphatic heterocycles. The first-order valence-electron chi connectivity index (χ1n) is 11.2. The number of hydrogen-bond acceptors (Lipinski definition) is 6. The van der Waals surface area contributed by atoms with Gasteiger partial charge in [0.1, 0.15) is 10.7 Å². The minimum absolute atomic E-state index is 0.0277. The molecule has 0 radical (unpaired) electrons. The number of H-pyrrole nitrogens is 1. The molecular weight excluding hydrogens is 440 g/mol. The maximum Gasteiger partial charge on any atom is 0.341 e. The lowest BCUT2D eigenvalue weighted by Crippen LogP contribution is -2.50.